The molecule has 0 aliphatic heterocycles. The van der Waals surface area contributed by atoms with Gasteiger partial charge < -0.3 is 0 Å². The van der Waals surface area contributed by atoms with Crippen LogP contribution in [0.15, 0.2) is 237 Å². The topological polar surface area (TPSA) is 0 Å². The Bertz CT molecular complexity index is 3960. The molecule has 77 heavy (non-hydrogen) atoms. The summed E-state index contributed by atoms with van der Waals surface area (Å²) in [5.74, 6) is 1.19. The van der Waals surface area contributed by atoms with E-state index in [0.717, 1.165) is 0 Å². The molecule has 3 aliphatic rings. The molecular weight excluding hydrogens is 925 g/mol. The fourth-order valence-electron chi connectivity index (χ4n) is 13.5. The minimum absolute atomic E-state index is 0.134. The first-order chi connectivity index (χ1) is 37.6. The van der Waals surface area contributed by atoms with Crippen LogP contribution >= 0.6 is 0 Å². The highest BCUT2D eigenvalue weighted by atomic mass is 14.5. The average molecular weight is 995 g/mol. The SMILES string of the molecule is CCC(C)c1cccc2c1-c1ccccc1C2(C)C.Cc1ccc(-c2ccc3c(c2)C(c2ccc4ccccc4c2C)(c2ccc4ccccc4c2C2CCC2)c2ccccc2-3)cc1.Cc1ccccc1-c1ccccc1. The summed E-state index contributed by atoms with van der Waals surface area (Å²) < 4.78 is 0. The van der Waals surface area contributed by atoms with Gasteiger partial charge in [-0.1, -0.05) is 270 Å². The number of benzene rings is 11. The third-order valence-corrected chi connectivity index (χ3v) is 17.9. The summed E-state index contributed by atoms with van der Waals surface area (Å²) in [6.45, 7) is 16.0. The Morgan fingerprint density at radius 3 is 1.70 bits per heavy atom. The molecule has 378 valence electrons. The number of fused-ring (bicyclic) bond motifs is 8. The molecule has 0 nitrogen and oxygen atoms in total. The van der Waals surface area contributed by atoms with Gasteiger partial charge in [0.25, 0.3) is 0 Å². The molecule has 0 heteroatoms. The lowest BCUT2D eigenvalue weighted by Crippen LogP contribution is -2.32. The van der Waals surface area contributed by atoms with Crippen LogP contribution in [-0.4, -0.2) is 0 Å². The van der Waals surface area contributed by atoms with Gasteiger partial charge in [0.05, 0.1) is 5.41 Å². The third-order valence-electron chi connectivity index (χ3n) is 17.9. The Kier molecular flexibility index (Phi) is 13.2. The quantitative estimate of drug-likeness (QED) is 0.149. The fraction of sp³-hybridized carbons (Fsp3) is 0.195. The van der Waals surface area contributed by atoms with E-state index in [2.05, 4.69) is 279 Å². The molecule has 3 aliphatic carbocycles. The van der Waals surface area contributed by atoms with Crippen molar-refractivity contribution in [2.24, 2.45) is 0 Å². The van der Waals surface area contributed by atoms with Crippen molar-refractivity contribution in [2.75, 3.05) is 0 Å². The maximum Gasteiger partial charge on any atom is 0.0719 e. The monoisotopic (exact) mass is 995 g/mol. The van der Waals surface area contributed by atoms with Crippen LogP contribution in [0.1, 0.15) is 126 Å². The Morgan fingerprint density at radius 1 is 0.429 bits per heavy atom. The lowest BCUT2D eigenvalue weighted by molar-refractivity contribution is 0.417. The van der Waals surface area contributed by atoms with E-state index in [1.54, 1.807) is 5.56 Å². The minimum atomic E-state index is -0.449. The zero-order valence-electron chi connectivity index (χ0n) is 46.0. The van der Waals surface area contributed by atoms with Gasteiger partial charge in [0.2, 0.25) is 0 Å². The summed E-state index contributed by atoms with van der Waals surface area (Å²) in [5.41, 5.74) is 26.1. The molecule has 0 radical (unpaired) electrons. The molecule has 2 unspecified atom stereocenters. The zero-order chi connectivity index (χ0) is 52.8. The third kappa shape index (κ3) is 8.54. The molecule has 14 rings (SSSR count). The number of hydrogen-bond acceptors (Lipinski definition) is 0. The van der Waals surface area contributed by atoms with Crippen LogP contribution in [0.2, 0.25) is 0 Å². The van der Waals surface area contributed by atoms with Crippen molar-refractivity contribution >= 4 is 21.5 Å². The molecule has 0 heterocycles. The van der Waals surface area contributed by atoms with Crippen LogP contribution in [0.4, 0.5) is 0 Å². The first kappa shape index (κ1) is 49.8. The van der Waals surface area contributed by atoms with Gasteiger partial charge in [0, 0.05) is 5.41 Å². The minimum Gasteiger partial charge on any atom is -0.0648 e. The van der Waals surface area contributed by atoms with Crippen LogP contribution in [0.25, 0.3) is 66.1 Å². The van der Waals surface area contributed by atoms with Crippen molar-refractivity contribution in [3.05, 3.63) is 298 Å². The zero-order valence-corrected chi connectivity index (χ0v) is 46.0. The van der Waals surface area contributed by atoms with E-state index in [0.29, 0.717) is 11.8 Å². The molecule has 0 N–H and O–H groups in total. The maximum atomic E-state index is 2.52. The molecule has 2 atom stereocenters. The summed E-state index contributed by atoms with van der Waals surface area (Å²) >= 11 is 0. The first-order valence-corrected chi connectivity index (χ1v) is 28.3. The number of aryl methyl sites for hydroxylation is 3. The largest absolute Gasteiger partial charge is 0.0719 e. The second kappa shape index (κ2) is 20.5. The van der Waals surface area contributed by atoms with Gasteiger partial charge >= 0.3 is 0 Å². The summed E-state index contributed by atoms with van der Waals surface area (Å²) in [6, 6.07) is 87.8. The van der Waals surface area contributed by atoms with Crippen LogP contribution < -0.4 is 0 Å². The standard InChI is InChI=1S/C45H36.C19H22.C13H12/c1-29-18-20-31(21-19-29)35-22-25-39-38-16-7-8-17-41(38)45(43(39)28-35,40-26-23-32-10-3-5-14-36(32)30(40)2)42-27-24-33-11-4-6-15-37(33)44(42)34-12-9-13-34;1-5-13(2)14-10-8-12-17-18(14)15-9-6-7-11-16(15)19(17,3)4;1-11-7-5-6-10-13(11)12-8-3-2-4-9-12/h3-8,10-11,14-28,34H,9,12-13H2,1-2H3;6-13H,5H2,1-4H3;2-10H,1H3. The molecule has 0 saturated heterocycles. The van der Waals surface area contributed by atoms with E-state index in [9.17, 15) is 0 Å². The second-order valence-electron chi connectivity index (χ2n) is 22.7. The van der Waals surface area contributed by atoms with Gasteiger partial charge in [-0.15, -0.1) is 0 Å². The van der Waals surface area contributed by atoms with Crippen molar-refractivity contribution in [2.45, 2.75) is 96.8 Å². The molecule has 0 spiro atoms. The van der Waals surface area contributed by atoms with Crippen molar-refractivity contribution in [1.29, 1.82) is 0 Å². The van der Waals surface area contributed by atoms with E-state index in [4.69, 9.17) is 0 Å². The molecule has 0 bridgehead atoms. The predicted octanol–water partition coefficient (Wildman–Crippen LogP) is 21.1. The van der Waals surface area contributed by atoms with E-state index >= 15 is 0 Å². The first-order valence-electron chi connectivity index (χ1n) is 28.3. The summed E-state index contributed by atoms with van der Waals surface area (Å²) in [6.07, 6.45) is 5.01. The highest BCUT2D eigenvalue weighted by Crippen LogP contribution is 2.60. The molecule has 0 aromatic heterocycles. The van der Waals surface area contributed by atoms with E-state index in [-0.39, 0.29) is 5.41 Å². The Balaban J connectivity index is 0.000000151. The normalized spacial score (nSPS) is 15.9. The summed E-state index contributed by atoms with van der Waals surface area (Å²) in [7, 11) is 0. The van der Waals surface area contributed by atoms with Crippen molar-refractivity contribution in [3.8, 4) is 44.5 Å². The van der Waals surface area contributed by atoms with Crippen LogP contribution in [0.5, 0.6) is 0 Å². The highest BCUT2D eigenvalue weighted by Gasteiger charge is 2.49. The van der Waals surface area contributed by atoms with Gasteiger partial charge in [0.1, 0.15) is 0 Å². The second-order valence-corrected chi connectivity index (χ2v) is 22.7. The van der Waals surface area contributed by atoms with Gasteiger partial charge in [0.15, 0.2) is 0 Å². The van der Waals surface area contributed by atoms with Crippen molar-refractivity contribution < 1.29 is 0 Å². The maximum absolute atomic E-state index is 2.52. The van der Waals surface area contributed by atoms with E-state index in [1.807, 2.05) is 6.07 Å². The highest BCUT2D eigenvalue weighted by molar-refractivity contribution is 5.96. The molecular formula is C77H70. The van der Waals surface area contributed by atoms with Crippen molar-refractivity contribution in [1.82, 2.24) is 0 Å². The van der Waals surface area contributed by atoms with Gasteiger partial charge in [-0.05, 0) is 180 Å². The van der Waals surface area contributed by atoms with E-state index < -0.39 is 5.41 Å². The van der Waals surface area contributed by atoms with E-state index in [1.165, 1.54) is 147 Å². The summed E-state index contributed by atoms with van der Waals surface area (Å²) in [5, 5.41) is 5.39. The molecule has 11 aromatic carbocycles. The van der Waals surface area contributed by atoms with Crippen LogP contribution in [0.3, 0.4) is 0 Å². The molecule has 1 fully saturated rings. The van der Waals surface area contributed by atoms with Gasteiger partial charge in [-0.2, -0.15) is 0 Å². The Labute approximate surface area is 458 Å². The fourth-order valence-corrected chi connectivity index (χ4v) is 13.5. The number of hydrogen-bond donors (Lipinski definition) is 0. The van der Waals surface area contributed by atoms with Crippen LogP contribution in [-0.2, 0) is 10.8 Å². The molecule has 1 saturated carbocycles. The van der Waals surface area contributed by atoms with Gasteiger partial charge in [-0.25, -0.2) is 0 Å². The predicted molar refractivity (Wildman–Crippen MR) is 330 cm³/mol. The number of rotatable bonds is 7. The Morgan fingerprint density at radius 2 is 1.00 bits per heavy atom. The molecule has 11 aromatic rings. The smallest absolute Gasteiger partial charge is 0.0648 e. The lowest BCUT2D eigenvalue weighted by Gasteiger charge is -2.40. The van der Waals surface area contributed by atoms with Crippen molar-refractivity contribution in [3.63, 3.8) is 0 Å². The Hall–Kier alpha value is -8.06. The van der Waals surface area contributed by atoms with Crippen LogP contribution in [0, 0.1) is 20.8 Å². The average Bonchev–Trinajstić information content (AvgIpc) is 4.05. The van der Waals surface area contributed by atoms with Gasteiger partial charge in [-0.3, -0.25) is 0 Å². The lowest BCUT2D eigenvalue weighted by atomic mass is 9.61. The molecule has 0 amide bonds. The summed E-state index contributed by atoms with van der Waals surface area (Å²) in [4.78, 5) is 0.